The van der Waals surface area contributed by atoms with Gasteiger partial charge in [-0.2, -0.15) is 8.42 Å². The largest absolute Gasteiger partial charge is 0.428 e. The van der Waals surface area contributed by atoms with E-state index in [2.05, 4.69) is 0 Å². The summed E-state index contributed by atoms with van der Waals surface area (Å²) >= 11 is 0. The van der Waals surface area contributed by atoms with E-state index < -0.39 is 10.4 Å². The minimum Gasteiger partial charge on any atom is -0.262 e. The van der Waals surface area contributed by atoms with Gasteiger partial charge in [0.1, 0.15) is 0 Å². The summed E-state index contributed by atoms with van der Waals surface area (Å²) in [5.74, 6) is 0. The van der Waals surface area contributed by atoms with Gasteiger partial charge in [0.25, 0.3) is 0 Å². The SMILES string of the molecule is O=S(=O)(O)OF.[AlH3]. The first kappa shape index (κ1) is 10.3. The fourth-order valence-electron chi connectivity index (χ4n) is 0. The molecule has 4 nitrogen and oxygen atoms in total. The minimum absolute atomic E-state index is 0. The molecule has 0 aromatic heterocycles. The molecular formula is H4AlFO4S. The van der Waals surface area contributed by atoms with Gasteiger partial charge >= 0.3 is 10.4 Å². The maximum absolute atomic E-state index is 10.2. The van der Waals surface area contributed by atoms with Gasteiger partial charge in [-0.05, 0) is 8.91 Å². The summed E-state index contributed by atoms with van der Waals surface area (Å²) < 4.78 is 37.2. The van der Waals surface area contributed by atoms with Crippen molar-refractivity contribution in [3.8, 4) is 0 Å². The van der Waals surface area contributed by atoms with Crippen molar-refractivity contribution in [3.05, 3.63) is 0 Å². The first-order valence-electron chi connectivity index (χ1n) is 0.837. The van der Waals surface area contributed by atoms with Gasteiger partial charge in [-0.3, -0.25) is 4.55 Å². The molecule has 0 unspecified atom stereocenters. The van der Waals surface area contributed by atoms with Crippen molar-refractivity contribution in [2.75, 3.05) is 0 Å². The molecule has 0 radical (unpaired) electrons. The second-order valence-corrected chi connectivity index (χ2v) is 1.47. The molecule has 0 aromatic carbocycles. The van der Waals surface area contributed by atoms with Crippen LogP contribution in [0.1, 0.15) is 0 Å². The first-order chi connectivity index (χ1) is 2.56. The Hall–Kier alpha value is 0.332. The van der Waals surface area contributed by atoms with Crippen molar-refractivity contribution in [1.82, 2.24) is 0 Å². The molecule has 0 spiro atoms. The molecule has 0 saturated carbocycles. The van der Waals surface area contributed by atoms with Crippen molar-refractivity contribution in [1.29, 1.82) is 0 Å². The molecule has 44 valence electrons. The van der Waals surface area contributed by atoms with E-state index in [0.717, 1.165) is 0 Å². The second-order valence-electron chi connectivity index (χ2n) is 0.491. The zero-order valence-electron chi connectivity index (χ0n) is 2.46. The van der Waals surface area contributed by atoms with Crippen LogP contribution in [0.4, 0.5) is 4.53 Å². The van der Waals surface area contributed by atoms with Gasteiger partial charge in [-0.15, -0.1) is 0 Å². The lowest BCUT2D eigenvalue weighted by atomic mass is 15.6. The fraction of sp³-hybridized carbons (Fsp3) is 0. The zero-order chi connectivity index (χ0) is 5.21. The van der Waals surface area contributed by atoms with E-state index in [1.165, 1.54) is 0 Å². The predicted octanol–water partition coefficient (Wildman–Crippen LogP) is -1.49. The van der Waals surface area contributed by atoms with Gasteiger partial charge in [0, 0.05) is 0 Å². The van der Waals surface area contributed by atoms with Crippen molar-refractivity contribution in [3.63, 3.8) is 0 Å². The molecule has 0 rings (SSSR count). The highest BCUT2D eigenvalue weighted by Gasteiger charge is 1.99. The van der Waals surface area contributed by atoms with Crippen molar-refractivity contribution in [2.45, 2.75) is 0 Å². The monoisotopic (exact) mass is 146 g/mol. The van der Waals surface area contributed by atoms with Crippen molar-refractivity contribution in [2.24, 2.45) is 0 Å². The van der Waals surface area contributed by atoms with E-state index in [0.29, 0.717) is 0 Å². The number of hydrogen-bond donors (Lipinski definition) is 1. The third kappa shape index (κ3) is 10.7. The summed E-state index contributed by atoms with van der Waals surface area (Å²) in [6.07, 6.45) is 0. The Morgan fingerprint density at radius 2 is 1.71 bits per heavy atom. The smallest absolute Gasteiger partial charge is 0.262 e. The number of halogens is 1. The van der Waals surface area contributed by atoms with Crippen LogP contribution in [0, 0.1) is 0 Å². The van der Waals surface area contributed by atoms with E-state index in [1.807, 2.05) is 4.39 Å². The molecule has 7 heavy (non-hydrogen) atoms. The van der Waals surface area contributed by atoms with E-state index in [4.69, 9.17) is 13.0 Å². The second kappa shape index (κ2) is 3.35. The average Bonchev–Trinajstić information content (AvgIpc) is 1.35. The topological polar surface area (TPSA) is 63.6 Å². The Bertz CT molecular complexity index is 114. The zero-order valence-corrected chi connectivity index (χ0v) is 3.27. The molecule has 0 heterocycles. The van der Waals surface area contributed by atoms with Crippen LogP contribution in [-0.4, -0.2) is 30.3 Å². The third-order valence-corrected chi connectivity index (χ3v) is 0.239. The van der Waals surface area contributed by atoms with Crippen LogP contribution in [0.2, 0.25) is 0 Å². The van der Waals surface area contributed by atoms with Gasteiger partial charge in [0.05, 0.1) is 0 Å². The molecule has 0 saturated heterocycles. The van der Waals surface area contributed by atoms with Gasteiger partial charge in [0.15, 0.2) is 17.4 Å². The maximum atomic E-state index is 10.2. The average molecular weight is 146 g/mol. The summed E-state index contributed by atoms with van der Waals surface area (Å²) in [7, 11) is -4.83. The predicted molar refractivity (Wildman–Crippen MR) is 23.7 cm³/mol. The highest BCUT2D eigenvalue weighted by atomic mass is 32.3. The van der Waals surface area contributed by atoms with E-state index in [1.54, 1.807) is 0 Å². The van der Waals surface area contributed by atoms with Gasteiger partial charge in [-0.25, -0.2) is 0 Å². The molecule has 1 N–H and O–H groups in total. The molecule has 0 bridgehead atoms. The van der Waals surface area contributed by atoms with Crippen molar-refractivity contribution < 1.29 is 21.9 Å². The van der Waals surface area contributed by atoms with Crippen LogP contribution in [0.15, 0.2) is 0 Å². The van der Waals surface area contributed by atoms with Crippen LogP contribution < -0.4 is 0 Å². The number of hydrogen-bond acceptors (Lipinski definition) is 3. The number of rotatable bonds is 1. The van der Waals surface area contributed by atoms with E-state index in [-0.39, 0.29) is 17.4 Å². The summed E-state index contributed by atoms with van der Waals surface area (Å²) in [4.78, 5) is 0. The lowest BCUT2D eigenvalue weighted by molar-refractivity contribution is -0.0113. The minimum atomic E-state index is -4.83. The molecular weight excluding hydrogens is 142 g/mol. The molecule has 0 aliphatic heterocycles. The Balaban J connectivity index is 0. The summed E-state index contributed by atoms with van der Waals surface area (Å²) in [5.41, 5.74) is 0. The normalized spacial score (nSPS) is 10.0. The van der Waals surface area contributed by atoms with Crippen LogP contribution in [-0.2, 0) is 14.8 Å². The molecule has 0 fully saturated rings. The van der Waals surface area contributed by atoms with Crippen LogP contribution >= 0.6 is 0 Å². The molecule has 0 aliphatic carbocycles. The van der Waals surface area contributed by atoms with E-state index in [9.17, 15) is 4.53 Å². The fourth-order valence-corrected chi connectivity index (χ4v) is 0. The van der Waals surface area contributed by atoms with Gasteiger partial charge in [0.2, 0.25) is 0 Å². The molecule has 7 heteroatoms. The van der Waals surface area contributed by atoms with Crippen LogP contribution in [0.3, 0.4) is 0 Å². The van der Waals surface area contributed by atoms with Gasteiger partial charge < -0.3 is 0 Å². The van der Waals surface area contributed by atoms with Crippen molar-refractivity contribution >= 4 is 27.8 Å². The molecule has 0 atom stereocenters. The highest BCUT2D eigenvalue weighted by Crippen LogP contribution is 1.81. The Kier molecular flexibility index (Phi) is 4.95. The summed E-state index contributed by atoms with van der Waals surface area (Å²) in [5, 5.41) is 0. The lowest BCUT2D eigenvalue weighted by Gasteiger charge is -1.75. The van der Waals surface area contributed by atoms with Crippen LogP contribution in [0.25, 0.3) is 0 Å². The van der Waals surface area contributed by atoms with Crippen LogP contribution in [0.5, 0.6) is 0 Å². The highest BCUT2D eigenvalue weighted by molar-refractivity contribution is 7.80. The third-order valence-electron chi connectivity index (χ3n) is 0.0796. The summed E-state index contributed by atoms with van der Waals surface area (Å²) in [6.45, 7) is 0. The maximum Gasteiger partial charge on any atom is 0.428 e. The van der Waals surface area contributed by atoms with E-state index >= 15 is 0 Å². The Morgan fingerprint density at radius 1 is 1.57 bits per heavy atom. The first-order valence-corrected chi connectivity index (χ1v) is 2.20. The molecule has 0 aliphatic rings. The molecule has 0 aromatic rings. The molecule has 0 amide bonds. The standard InChI is InChI=1S/Al.FHO4S.3H/c;1-5-6(2,3)4;;;/h;(H,2,3,4);;;. The Labute approximate surface area is 50.3 Å². The summed E-state index contributed by atoms with van der Waals surface area (Å²) in [6, 6.07) is 0. The quantitative estimate of drug-likeness (QED) is 0.361. The lowest BCUT2D eigenvalue weighted by Crippen LogP contribution is -1.93. The Morgan fingerprint density at radius 3 is 1.71 bits per heavy atom. The van der Waals surface area contributed by atoms with Gasteiger partial charge in [-0.1, -0.05) is 0 Å².